The van der Waals surface area contributed by atoms with Crippen LogP contribution in [0.5, 0.6) is 0 Å². The van der Waals surface area contributed by atoms with Gasteiger partial charge in [0.05, 0.1) is 26.9 Å². The first kappa shape index (κ1) is 16.4. The summed E-state index contributed by atoms with van der Waals surface area (Å²) in [5, 5.41) is 12.5. The Morgan fingerprint density at radius 2 is 2.19 bits per heavy atom. The zero-order valence-corrected chi connectivity index (χ0v) is 14.5. The summed E-state index contributed by atoms with van der Waals surface area (Å²) in [6.45, 7) is 3.65. The molecule has 2 rings (SSSR count). The number of nitrogens with zero attached hydrogens (tertiary/aromatic N) is 2. The molecule has 0 atom stereocenters. The van der Waals surface area contributed by atoms with E-state index in [9.17, 15) is 9.90 Å². The van der Waals surface area contributed by atoms with E-state index in [2.05, 4.69) is 4.98 Å². The molecular formula is C14H17ClN2O2S2. The van der Waals surface area contributed by atoms with Crippen molar-refractivity contribution in [2.45, 2.75) is 25.9 Å². The van der Waals surface area contributed by atoms with Crippen molar-refractivity contribution in [2.75, 3.05) is 13.6 Å². The van der Waals surface area contributed by atoms with E-state index >= 15 is 0 Å². The van der Waals surface area contributed by atoms with Crippen LogP contribution in [0.2, 0.25) is 4.34 Å². The van der Waals surface area contributed by atoms with Gasteiger partial charge < -0.3 is 10.0 Å². The molecule has 1 amide bonds. The van der Waals surface area contributed by atoms with Gasteiger partial charge in [-0.25, -0.2) is 4.98 Å². The minimum atomic E-state index is -0.897. The van der Waals surface area contributed by atoms with Crippen molar-refractivity contribution < 1.29 is 9.90 Å². The highest BCUT2D eigenvalue weighted by atomic mass is 35.5. The predicted molar refractivity (Wildman–Crippen MR) is 88.1 cm³/mol. The van der Waals surface area contributed by atoms with E-state index in [0.717, 1.165) is 19.9 Å². The van der Waals surface area contributed by atoms with Gasteiger partial charge in [0, 0.05) is 19.0 Å². The second-order valence-corrected chi connectivity index (χ2v) is 8.06. The van der Waals surface area contributed by atoms with Crippen molar-refractivity contribution in [1.82, 2.24) is 9.88 Å². The van der Waals surface area contributed by atoms with E-state index in [-0.39, 0.29) is 12.3 Å². The Morgan fingerprint density at radius 1 is 1.48 bits per heavy atom. The molecule has 0 saturated carbocycles. The van der Waals surface area contributed by atoms with Gasteiger partial charge in [0.15, 0.2) is 0 Å². The topological polar surface area (TPSA) is 53.4 Å². The lowest BCUT2D eigenvalue weighted by atomic mass is 10.1. The number of halogens is 1. The van der Waals surface area contributed by atoms with E-state index < -0.39 is 5.60 Å². The first-order chi connectivity index (χ1) is 9.74. The second-order valence-electron chi connectivity index (χ2n) is 5.49. The quantitative estimate of drug-likeness (QED) is 0.905. The van der Waals surface area contributed by atoms with Crippen LogP contribution >= 0.6 is 34.3 Å². The van der Waals surface area contributed by atoms with Gasteiger partial charge in [-0.2, -0.15) is 0 Å². The maximum Gasteiger partial charge on any atom is 0.228 e. The standard InChI is InChI=1S/C14H17ClN2O2S2/c1-14(2,19)8-17(3)12(18)6-9-7-20-13(16-9)10-4-5-11(15)21-10/h4-5,7,19H,6,8H2,1-3H3. The average Bonchev–Trinajstić information content (AvgIpc) is 2.95. The van der Waals surface area contributed by atoms with Crippen LogP contribution in [-0.2, 0) is 11.2 Å². The molecule has 0 saturated heterocycles. The van der Waals surface area contributed by atoms with Gasteiger partial charge in [0.1, 0.15) is 5.01 Å². The van der Waals surface area contributed by atoms with Crippen LogP contribution in [0.15, 0.2) is 17.5 Å². The van der Waals surface area contributed by atoms with Crippen LogP contribution in [0.3, 0.4) is 0 Å². The summed E-state index contributed by atoms with van der Waals surface area (Å²) in [6, 6.07) is 3.77. The van der Waals surface area contributed by atoms with Gasteiger partial charge in [0.25, 0.3) is 0 Å². The number of aliphatic hydroxyl groups is 1. The molecule has 7 heteroatoms. The van der Waals surface area contributed by atoms with Gasteiger partial charge in [-0.15, -0.1) is 22.7 Å². The van der Waals surface area contributed by atoms with Crippen molar-refractivity contribution in [3.05, 3.63) is 27.5 Å². The van der Waals surface area contributed by atoms with Gasteiger partial charge in [-0.3, -0.25) is 4.79 Å². The van der Waals surface area contributed by atoms with Crippen molar-refractivity contribution in [3.8, 4) is 9.88 Å². The Labute approximate surface area is 137 Å². The number of rotatable bonds is 5. The van der Waals surface area contributed by atoms with Crippen LogP contribution in [0, 0.1) is 0 Å². The van der Waals surface area contributed by atoms with Crippen LogP contribution in [-0.4, -0.2) is 40.1 Å². The number of thiophene rings is 1. The fourth-order valence-electron chi connectivity index (χ4n) is 1.89. The lowest BCUT2D eigenvalue weighted by Crippen LogP contribution is -2.40. The SMILES string of the molecule is CN(CC(C)(C)O)C(=O)Cc1csc(-c2ccc(Cl)s2)n1. The number of carbonyl (C=O) groups excluding carboxylic acids is 1. The third-order valence-electron chi connectivity index (χ3n) is 2.72. The maximum absolute atomic E-state index is 12.1. The number of aromatic nitrogens is 1. The molecule has 0 bridgehead atoms. The molecule has 2 aromatic rings. The first-order valence-electron chi connectivity index (χ1n) is 6.41. The van der Waals surface area contributed by atoms with Crippen LogP contribution in [0.25, 0.3) is 9.88 Å². The van der Waals surface area contributed by atoms with Crippen molar-refractivity contribution in [2.24, 2.45) is 0 Å². The zero-order chi connectivity index (χ0) is 15.6. The fraction of sp³-hybridized carbons (Fsp3) is 0.429. The summed E-state index contributed by atoms with van der Waals surface area (Å²) in [6.07, 6.45) is 0.238. The molecule has 1 N–H and O–H groups in total. The summed E-state index contributed by atoms with van der Waals surface area (Å²) in [5.74, 6) is -0.0572. The number of likely N-dealkylation sites (N-methyl/N-ethyl adjacent to an activating group) is 1. The molecule has 2 heterocycles. The molecule has 21 heavy (non-hydrogen) atoms. The molecule has 0 aromatic carbocycles. The number of carbonyl (C=O) groups is 1. The molecule has 0 radical (unpaired) electrons. The molecular weight excluding hydrogens is 328 g/mol. The summed E-state index contributed by atoms with van der Waals surface area (Å²) in [4.78, 5) is 19.1. The predicted octanol–water partition coefficient (Wildman–Crippen LogP) is 3.30. The molecule has 0 aliphatic carbocycles. The highest BCUT2D eigenvalue weighted by Crippen LogP contribution is 2.33. The average molecular weight is 345 g/mol. The Morgan fingerprint density at radius 3 is 2.76 bits per heavy atom. The minimum Gasteiger partial charge on any atom is -0.389 e. The Kier molecular flexibility index (Phi) is 5.03. The van der Waals surface area contributed by atoms with E-state index in [4.69, 9.17) is 11.6 Å². The fourth-order valence-corrected chi connectivity index (χ4v) is 3.82. The Balaban J connectivity index is 2.01. The largest absolute Gasteiger partial charge is 0.389 e. The summed E-state index contributed by atoms with van der Waals surface area (Å²) in [5.41, 5.74) is -0.155. The number of hydrogen-bond acceptors (Lipinski definition) is 5. The minimum absolute atomic E-state index is 0.0572. The molecule has 0 aliphatic heterocycles. The number of thiazole rings is 1. The monoisotopic (exact) mass is 344 g/mol. The van der Waals surface area contributed by atoms with Crippen molar-refractivity contribution in [1.29, 1.82) is 0 Å². The lowest BCUT2D eigenvalue weighted by Gasteiger charge is -2.25. The smallest absolute Gasteiger partial charge is 0.228 e. The highest BCUT2D eigenvalue weighted by Gasteiger charge is 2.20. The van der Waals surface area contributed by atoms with E-state index in [1.165, 1.54) is 27.6 Å². The number of amides is 1. The highest BCUT2D eigenvalue weighted by molar-refractivity contribution is 7.23. The Hall–Kier alpha value is -0.950. The summed E-state index contributed by atoms with van der Waals surface area (Å²) in [7, 11) is 1.69. The molecule has 0 spiro atoms. The van der Waals surface area contributed by atoms with Crippen LogP contribution < -0.4 is 0 Å². The molecule has 114 valence electrons. The lowest BCUT2D eigenvalue weighted by molar-refractivity contribution is -0.131. The third-order valence-corrected chi connectivity index (χ3v) is 5.01. The maximum atomic E-state index is 12.1. The van der Waals surface area contributed by atoms with Gasteiger partial charge >= 0.3 is 0 Å². The molecule has 0 fully saturated rings. The molecule has 0 unspecified atom stereocenters. The normalized spacial score (nSPS) is 11.7. The molecule has 0 aliphatic rings. The van der Waals surface area contributed by atoms with Gasteiger partial charge in [0.2, 0.25) is 5.91 Å². The molecule has 4 nitrogen and oxygen atoms in total. The molecule has 2 aromatic heterocycles. The zero-order valence-electron chi connectivity index (χ0n) is 12.1. The first-order valence-corrected chi connectivity index (χ1v) is 8.48. The summed E-state index contributed by atoms with van der Waals surface area (Å²) < 4.78 is 0.725. The third kappa shape index (κ3) is 4.78. The summed E-state index contributed by atoms with van der Waals surface area (Å²) >= 11 is 8.89. The van der Waals surface area contributed by atoms with Crippen LogP contribution in [0.1, 0.15) is 19.5 Å². The second kappa shape index (κ2) is 6.44. The van der Waals surface area contributed by atoms with E-state index in [0.29, 0.717) is 6.54 Å². The van der Waals surface area contributed by atoms with Gasteiger partial charge in [-0.1, -0.05) is 11.6 Å². The van der Waals surface area contributed by atoms with Gasteiger partial charge in [-0.05, 0) is 26.0 Å². The van der Waals surface area contributed by atoms with Crippen LogP contribution in [0.4, 0.5) is 0 Å². The van der Waals surface area contributed by atoms with E-state index in [1.807, 2.05) is 17.5 Å². The number of hydrogen-bond donors (Lipinski definition) is 1. The van der Waals surface area contributed by atoms with E-state index in [1.54, 1.807) is 20.9 Å². The Bertz CT molecular complexity index is 631. The van der Waals surface area contributed by atoms with Crippen molar-refractivity contribution >= 4 is 40.2 Å². The van der Waals surface area contributed by atoms with Crippen molar-refractivity contribution in [3.63, 3.8) is 0 Å².